The summed E-state index contributed by atoms with van der Waals surface area (Å²) in [6, 6.07) is 27.6. The van der Waals surface area contributed by atoms with E-state index in [2.05, 4.69) is 23.5 Å². The molecule has 3 aromatic carbocycles. The zero-order valence-corrected chi connectivity index (χ0v) is 16.0. The number of carbonyl (C=O) groups excluding carboxylic acids is 1. The first kappa shape index (κ1) is 20.7. The second-order valence-corrected chi connectivity index (χ2v) is 6.10. The molecule has 0 saturated carbocycles. The summed E-state index contributed by atoms with van der Waals surface area (Å²) in [6.45, 7) is 1.62. The maximum atomic E-state index is 12.1. The van der Waals surface area contributed by atoms with Gasteiger partial charge in [0.05, 0.1) is 6.54 Å². The summed E-state index contributed by atoms with van der Waals surface area (Å²) in [5.41, 5.74) is 3.03. The van der Waals surface area contributed by atoms with Crippen molar-refractivity contribution in [3.05, 3.63) is 102 Å². The molecule has 1 N–H and O–H groups in total. The molecule has 27 heavy (non-hydrogen) atoms. The van der Waals surface area contributed by atoms with E-state index in [4.69, 9.17) is 4.74 Å². The zero-order valence-electron chi connectivity index (χ0n) is 15.1. The number of ether oxygens (including phenoxy) is 1. The Hall–Kier alpha value is -2.62. The van der Waals surface area contributed by atoms with Gasteiger partial charge in [-0.2, -0.15) is 0 Å². The Morgan fingerprint density at radius 1 is 0.815 bits per heavy atom. The summed E-state index contributed by atoms with van der Waals surface area (Å²) in [5.74, 6) is 1.01. The van der Waals surface area contributed by atoms with Crippen LogP contribution in [-0.2, 0) is 13.0 Å². The van der Waals surface area contributed by atoms with Crippen molar-refractivity contribution in [1.29, 1.82) is 0 Å². The van der Waals surface area contributed by atoms with Gasteiger partial charge in [0, 0.05) is 5.56 Å². The molecule has 0 aromatic heterocycles. The molecule has 0 bridgehead atoms. The highest BCUT2D eigenvalue weighted by molar-refractivity contribution is 5.97. The highest BCUT2D eigenvalue weighted by Gasteiger charge is 2.06. The molecule has 0 saturated heterocycles. The van der Waals surface area contributed by atoms with Crippen LogP contribution in [0.15, 0.2) is 84.9 Å². The van der Waals surface area contributed by atoms with Crippen molar-refractivity contribution in [3.8, 4) is 5.75 Å². The molecule has 0 atom stereocenters. The van der Waals surface area contributed by atoms with Crippen molar-refractivity contribution in [2.45, 2.75) is 13.0 Å². The fourth-order valence-electron chi connectivity index (χ4n) is 2.74. The summed E-state index contributed by atoms with van der Waals surface area (Å²) in [5, 5.41) is 3.23. The van der Waals surface area contributed by atoms with E-state index in [1.54, 1.807) is 0 Å². The number of para-hydroxylation sites is 1. The lowest BCUT2D eigenvalue weighted by molar-refractivity contribution is 0.0991. The van der Waals surface area contributed by atoms with Crippen LogP contribution >= 0.6 is 12.4 Å². The molecular weight excluding hydrogens is 358 g/mol. The maximum absolute atomic E-state index is 12.1. The highest BCUT2D eigenvalue weighted by Crippen LogP contribution is 2.19. The van der Waals surface area contributed by atoms with Gasteiger partial charge in [-0.15, -0.1) is 12.4 Å². The Balaban J connectivity index is 0.00000261. The summed E-state index contributed by atoms with van der Waals surface area (Å²) in [7, 11) is 0. The van der Waals surface area contributed by atoms with Crippen LogP contribution in [0.1, 0.15) is 21.5 Å². The fraction of sp³-hybridized carbons (Fsp3) is 0.174. The number of carbonyl (C=O) groups is 1. The largest absolute Gasteiger partial charge is 0.489 e. The first-order valence-corrected chi connectivity index (χ1v) is 8.86. The number of hydrogen-bond acceptors (Lipinski definition) is 3. The van der Waals surface area contributed by atoms with E-state index in [1.807, 2.05) is 66.7 Å². The van der Waals surface area contributed by atoms with Gasteiger partial charge in [0.2, 0.25) is 0 Å². The van der Waals surface area contributed by atoms with Gasteiger partial charge in [-0.05, 0) is 30.2 Å². The second kappa shape index (κ2) is 11.2. The minimum Gasteiger partial charge on any atom is -0.489 e. The van der Waals surface area contributed by atoms with Crippen LogP contribution in [0.4, 0.5) is 0 Å². The van der Waals surface area contributed by atoms with E-state index in [1.165, 1.54) is 0 Å². The van der Waals surface area contributed by atoms with E-state index in [0.29, 0.717) is 13.2 Å². The molecule has 140 valence electrons. The molecule has 0 aliphatic carbocycles. The molecule has 0 amide bonds. The number of Topliss-reactive ketones (excluding diaryl/α,β-unsaturated/α-hetero) is 1. The lowest BCUT2D eigenvalue weighted by atomic mass is 10.1. The van der Waals surface area contributed by atoms with E-state index in [0.717, 1.165) is 35.4 Å². The van der Waals surface area contributed by atoms with Crippen molar-refractivity contribution in [2.75, 3.05) is 13.1 Å². The summed E-state index contributed by atoms with van der Waals surface area (Å²) in [6.07, 6.45) is 0.813. The third-order valence-electron chi connectivity index (χ3n) is 4.16. The van der Waals surface area contributed by atoms with Gasteiger partial charge in [-0.3, -0.25) is 4.79 Å². The highest BCUT2D eigenvalue weighted by atomic mass is 35.5. The van der Waals surface area contributed by atoms with Gasteiger partial charge in [0.1, 0.15) is 12.4 Å². The Bertz CT molecular complexity index is 822. The van der Waals surface area contributed by atoms with Crippen LogP contribution in [0.2, 0.25) is 0 Å². The van der Waals surface area contributed by atoms with Crippen LogP contribution in [0.25, 0.3) is 0 Å². The summed E-state index contributed by atoms with van der Waals surface area (Å²) in [4.78, 5) is 12.1. The van der Waals surface area contributed by atoms with Crippen LogP contribution in [-0.4, -0.2) is 18.9 Å². The van der Waals surface area contributed by atoms with Crippen molar-refractivity contribution >= 4 is 18.2 Å². The molecule has 0 unspecified atom stereocenters. The predicted octanol–water partition coefficient (Wildman–Crippen LogP) is 4.70. The van der Waals surface area contributed by atoms with E-state index in [9.17, 15) is 4.79 Å². The number of ketones is 1. The third-order valence-corrected chi connectivity index (χ3v) is 4.16. The minimum absolute atomic E-state index is 0. The van der Waals surface area contributed by atoms with E-state index in [-0.39, 0.29) is 18.2 Å². The molecule has 0 heterocycles. The molecule has 0 radical (unpaired) electrons. The van der Waals surface area contributed by atoms with Crippen molar-refractivity contribution in [2.24, 2.45) is 0 Å². The monoisotopic (exact) mass is 381 g/mol. The van der Waals surface area contributed by atoms with Crippen LogP contribution in [0, 0.1) is 0 Å². The Morgan fingerprint density at radius 2 is 1.44 bits per heavy atom. The zero-order chi connectivity index (χ0) is 18.0. The fourth-order valence-corrected chi connectivity index (χ4v) is 2.74. The third kappa shape index (κ3) is 6.55. The maximum Gasteiger partial charge on any atom is 0.176 e. The molecular formula is C23H24ClNO2. The molecule has 3 nitrogen and oxygen atoms in total. The molecule has 0 aliphatic rings. The number of hydrogen-bond donors (Lipinski definition) is 1. The summed E-state index contributed by atoms with van der Waals surface area (Å²) < 4.78 is 5.98. The van der Waals surface area contributed by atoms with Crippen LogP contribution in [0.5, 0.6) is 5.75 Å². The quantitative estimate of drug-likeness (QED) is 0.431. The van der Waals surface area contributed by atoms with Gasteiger partial charge in [0.25, 0.3) is 0 Å². The van der Waals surface area contributed by atoms with Gasteiger partial charge in [-0.25, -0.2) is 0 Å². The normalized spacial score (nSPS) is 10.1. The molecule has 3 aromatic rings. The number of nitrogens with one attached hydrogen (secondary N) is 1. The van der Waals surface area contributed by atoms with Crippen LogP contribution in [0.3, 0.4) is 0 Å². The Labute approximate surface area is 166 Å². The van der Waals surface area contributed by atoms with Crippen molar-refractivity contribution < 1.29 is 9.53 Å². The summed E-state index contributed by atoms with van der Waals surface area (Å²) >= 11 is 0. The predicted molar refractivity (Wildman–Crippen MR) is 112 cm³/mol. The topological polar surface area (TPSA) is 38.3 Å². The van der Waals surface area contributed by atoms with Gasteiger partial charge in [-0.1, -0.05) is 78.9 Å². The average molecular weight is 382 g/mol. The smallest absolute Gasteiger partial charge is 0.176 e. The number of halogens is 1. The lowest BCUT2D eigenvalue weighted by Gasteiger charge is -2.12. The number of rotatable bonds is 9. The second-order valence-electron chi connectivity index (χ2n) is 6.10. The van der Waals surface area contributed by atoms with Crippen molar-refractivity contribution in [1.82, 2.24) is 5.32 Å². The van der Waals surface area contributed by atoms with E-state index >= 15 is 0 Å². The Morgan fingerprint density at radius 3 is 2.19 bits per heavy atom. The van der Waals surface area contributed by atoms with Gasteiger partial charge < -0.3 is 10.1 Å². The first-order valence-electron chi connectivity index (χ1n) is 8.86. The van der Waals surface area contributed by atoms with E-state index < -0.39 is 0 Å². The standard InChI is InChI=1S/C23H23NO2.ClH/c25-22(20-11-5-2-6-12-20)17-24-16-15-21-13-7-8-14-23(21)26-18-19-9-3-1-4-10-19;/h1-14,24H,15-18H2;1H. The average Bonchev–Trinajstić information content (AvgIpc) is 2.71. The first-order chi connectivity index (χ1) is 12.8. The SMILES string of the molecule is Cl.O=C(CNCCc1ccccc1OCc1ccccc1)c1ccccc1. The molecule has 0 aliphatic heterocycles. The molecule has 0 spiro atoms. The molecule has 3 rings (SSSR count). The van der Waals surface area contributed by atoms with Crippen molar-refractivity contribution in [3.63, 3.8) is 0 Å². The number of benzene rings is 3. The Kier molecular flexibility index (Phi) is 8.56. The van der Waals surface area contributed by atoms with Gasteiger partial charge in [0.15, 0.2) is 5.78 Å². The van der Waals surface area contributed by atoms with Gasteiger partial charge >= 0.3 is 0 Å². The van der Waals surface area contributed by atoms with Crippen LogP contribution < -0.4 is 10.1 Å². The molecule has 4 heteroatoms. The molecule has 0 fully saturated rings. The minimum atomic E-state index is 0. The lowest BCUT2D eigenvalue weighted by Crippen LogP contribution is -2.25.